The van der Waals surface area contributed by atoms with Gasteiger partial charge in [0, 0.05) is 28.2 Å². The number of fused-ring (bicyclic) bond motifs is 2. The number of benzene rings is 2. The number of aryl methyl sites for hydroxylation is 1. The predicted octanol–water partition coefficient (Wildman–Crippen LogP) is 4.89. The van der Waals surface area contributed by atoms with Crippen molar-refractivity contribution in [2.75, 3.05) is 5.32 Å². The van der Waals surface area contributed by atoms with Gasteiger partial charge in [0.25, 0.3) is 5.56 Å². The average Bonchev–Trinajstić information content (AvgIpc) is 2.72. The van der Waals surface area contributed by atoms with E-state index in [0.29, 0.717) is 28.3 Å². The number of hydrogen-bond donors (Lipinski definition) is 4. The van der Waals surface area contributed by atoms with E-state index in [1.165, 1.54) is 12.3 Å². The van der Waals surface area contributed by atoms with E-state index in [2.05, 4.69) is 10.3 Å². The first kappa shape index (κ1) is 21.2. The Bertz CT molecular complexity index is 1200. The summed E-state index contributed by atoms with van der Waals surface area (Å²) in [6, 6.07) is 7.81. The molecule has 1 aliphatic carbocycles. The van der Waals surface area contributed by atoms with E-state index in [1.54, 1.807) is 44.2 Å². The van der Waals surface area contributed by atoms with Crippen LogP contribution in [0.1, 0.15) is 48.4 Å². The lowest BCUT2D eigenvalue weighted by Gasteiger charge is -2.46. The van der Waals surface area contributed by atoms with Gasteiger partial charge in [-0.05, 0) is 55.0 Å². The van der Waals surface area contributed by atoms with Crippen LogP contribution in [-0.4, -0.2) is 27.0 Å². The lowest BCUT2D eigenvalue weighted by atomic mass is 9.68. The second-order valence-corrected chi connectivity index (χ2v) is 8.12. The van der Waals surface area contributed by atoms with Gasteiger partial charge in [-0.2, -0.15) is 13.2 Å². The van der Waals surface area contributed by atoms with Gasteiger partial charge >= 0.3 is 6.18 Å². The van der Waals surface area contributed by atoms with Gasteiger partial charge in [0.15, 0.2) is 5.60 Å². The van der Waals surface area contributed by atoms with Crippen LogP contribution in [0.5, 0.6) is 5.75 Å². The first-order valence-corrected chi connectivity index (χ1v) is 10.1. The van der Waals surface area contributed by atoms with Crippen molar-refractivity contribution in [3.05, 3.63) is 69.6 Å². The molecule has 5 nitrogen and oxygen atoms in total. The minimum absolute atomic E-state index is 0.0465. The van der Waals surface area contributed by atoms with Crippen LogP contribution in [0.3, 0.4) is 0 Å². The van der Waals surface area contributed by atoms with Crippen LogP contribution in [0.2, 0.25) is 0 Å². The van der Waals surface area contributed by atoms with E-state index in [9.17, 15) is 28.2 Å². The van der Waals surface area contributed by atoms with Crippen molar-refractivity contribution in [1.29, 1.82) is 0 Å². The number of aliphatic hydroxyl groups is 1. The highest BCUT2D eigenvalue weighted by Gasteiger charge is 2.62. The molecule has 0 saturated carbocycles. The maximum Gasteiger partial charge on any atom is 0.419 e. The molecule has 1 heterocycles. The summed E-state index contributed by atoms with van der Waals surface area (Å²) in [5.74, 6) is -0.704. The van der Waals surface area contributed by atoms with E-state index in [-0.39, 0.29) is 22.6 Å². The summed E-state index contributed by atoms with van der Waals surface area (Å²) in [6.07, 6.45) is -3.75. The highest BCUT2D eigenvalue weighted by atomic mass is 19.4. The topological polar surface area (TPSA) is 85.4 Å². The SMILES string of the molecule is CC[C@H]1C[C@](O)(C(F)(F)F)[C@@H](Nc2cccc3c(=O)[nH]ccc23)c2ccc(C)c(O)c21. The van der Waals surface area contributed by atoms with Crippen LogP contribution in [-0.2, 0) is 0 Å². The maximum atomic E-state index is 14.2. The molecular formula is C23H23F3N2O3. The van der Waals surface area contributed by atoms with Crippen LogP contribution < -0.4 is 10.9 Å². The van der Waals surface area contributed by atoms with Crippen molar-refractivity contribution in [3.63, 3.8) is 0 Å². The number of nitrogens with one attached hydrogen (secondary N) is 2. The molecule has 0 amide bonds. The van der Waals surface area contributed by atoms with E-state index >= 15 is 0 Å². The number of phenolic OH excluding ortho intramolecular Hbond substituents is 1. The Morgan fingerprint density at radius 2 is 1.94 bits per heavy atom. The fraction of sp³-hybridized carbons (Fsp3) is 0.348. The number of pyridine rings is 1. The molecule has 0 saturated heterocycles. The highest BCUT2D eigenvalue weighted by molar-refractivity contribution is 5.93. The molecule has 3 aromatic rings. The number of rotatable bonds is 3. The number of alkyl halides is 3. The third kappa shape index (κ3) is 3.26. The smallest absolute Gasteiger partial charge is 0.419 e. The third-order valence-electron chi connectivity index (χ3n) is 6.31. The minimum Gasteiger partial charge on any atom is -0.507 e. The van der Waals surface area contributed by atoms with Gasteiger partial charge in [-0.15, -0.1) is 0 Å². The standard InChI is InChI=1S/C23H23F3N2O3/c1-3-13-11-22(31,23(24,25)26)20(16-8-7-12(2)19(29)18(13)16)28-17-6-4-5-15-14(17)9-10-27-21(15)30/h4-10,13,20,28-29,31H,3,11H2,1-2H3,(H,27,30)/t13-,20-,22+/m0/s1. The fourth-order valence-corrected chi connectivity index (χ4v) is 4.59. The lowest BCUT2D eigenvalue weighted by molar-refractivity contribution is -0.272. The molecule has 8 heteroatoms. The van der Waals surface area contributed by atoms with Crippen LogP contribution in [0, 0.1) is 6.92 Å². The van der Waals surface area contributed by atoms with E-state index in [0.717, 1.165) is 0 Å². The molecule has 0 fully saturated rings. The molecule has 2 aromatic carbocycles. The molecule has 0 unspecified atom stereocenters. The number of aromatic amines is 1. The number of phenols is 1. The molecule has 4 N–H and O–H groups in total. The van der Waals surface area contributed by atoms with Crippen molar-refractivity contribution in [3.8, 4) is 5.75 Å². The van der Waals surface area contributed by atoms with Gasteiger partial charge in [-0.3, -0.25) is 4.79 Å². The fourth-order valence-electron chi connectivity index (χ4n) is 4.59. The summed E-state index contributed by atoms with van der Waals surface area (Å²) in [5.41, 5.74) is -1.96. The van der Waals surface area contributed by atoms with Crippen molar-refractivity contribution in [2.45, 2.75) is 50.4 Å². The molecule has 1 aliphatic rings. The molecule has 3 atom stereocenters. The molecule has 1 aromatic heterocycles. The lowest BCUT2D eigenvalue weighted by Crippen LogP contribution is -2.55. The molecule has 0 aliphatic heterocycles. The first-order valence-electron chi connectivity index (χ1n) is 10.1. The van der Waals surface area contributed by atoms with Crippen molar-refractivity contribution < 1.29 is 23.4 Å². The zero-order chi connectivity index (χ0) is 22.6. The Hall–Kier alpha value is -3.00. The highest BCUT2D eigenvalue weighted by Crippen LogP contribution is 2.55. The molecule has 0 radical (unpaired) electrons. The third-order valence-corrected chi connectivity index (χ3v) is 6.31. The zero-order valence-electron chi connectivity index (χ0n) is 17.0. The molecule has 4 rings (SSSR count). The summed E-state index contributed by atoms with van der Waals surface area (Å²) in [4.78, 5) is 14.7. The number of hydrogen-bond acceptors (Lipinski definition) is 4. The van der Waals surface area contributed by atoms with Crippen molar-refractivity contribution >= 4 is 16.5 Å². The first-order chi connectivity index (χ1) is 14.6. The van der Waals surface area contributed by atoms with Gasteiger partial charge in [-0.25, -0.2) is 0 Å². The van der Waals surface area contributed by atoms with Crippen molar-refractivity contribution in [2.24, 2.45) is 0 Å². The predicted molar refractivity (Wildman–Crippen MR) is 112 cm³/mol. The molecular weight excluding hydrogens is 409 g/mol. The molecule has 164 valence electrons. The summed E-state index contributed by atoms with van der Waals surface area (Å²) in [5, 5.41) is 25.3. The van der Waals surface area contributed by atoms with Crippen LogP contribution in [0.4, 0.5) is 18.9 Å². The van der Waals surface area contributed by atoms with Crippen LogP contribution in [0.25, 0.3) is 10.8 Å². The van der Waals surface area contributed by atoms with Gasteiger partial charge in [-0.1, -0.05) is 25.1 Å². The van der Waals surface area contributed by atoms with Gasteiger partial charge in [0.1, 0.15) is 5.75 Å². The zero-order valence-corrected chi connectivity index (χ0v) is 17.0. The molecule has 0 bridgehead atoms. The average molecular weight is 432 g/mol. The Labute approximate surface area is 176 Å². The summed E-state index contributed by atoms with van der Waals surface area (Å²) < 4.78 is 42.7. The van der Waals surface area contributed by atoms with E-state index in [4.69, 9.17) is 0 Å². The molecule has 0 spiro atoms. The summed E-state index contributed by atoms with van der Waals surface area (Å²) in [6.45, 7) is 3.42. The normalized spacial score (nSPS) is 23.5. The minimum atomic E-state index is -4.92. The summed E-state index contributed by atoms with van der Waals surface area (Å²) in [7, 11) is 0. The number of anilines is 1. The number of aromatic hydroxyl groups is 1. The number of aromatic nitrogens is 1. The number of halogens is 3. The quantitative estimate of drug-likeness (QED) is 0.475. The van der Waals surface area contributed by atoms with Gasteiger partial charge in [0.05, 0.1) is 6.04 Å². The molecule has 31 heavy (non-hydrogen) atoms. The Balaban J connectivity index is 1.95. The summed E-state index contributed by atoms with van der Waals surface area (Å²) >= 11 is 0. The Kier molecular flexibility index (Phi) is 5.00. The van der Waals surface area contributed by atoms with Crippen molar-refractivity contribution in [1.82, 2.24) is 4.98 Å². The second-order valence-electron chi connectivity index (χ2n) is 8.12. The second kappa shape index (κ2) is 7.30. The van der Waals surface area contributed by atoms with Crippen LogP contribution >= 0.6 is 0 Å². The van der Waals surface area contributed by atoms with Crippen LogP contribution in [0.15, 0.2) is 47.4 Å². The Morgan fingerprint density at radius 1 is 1.19 bits per heavy atom. The van der Waals surface area contributed by atoms with E-state index in [1.807, 2.05) is 0 Å². The maximum absolute atomic E-state index is 14.2. The number of H-pyrrole nitrogens is 1. The van der Waals surface area contributed by atoms with Gasteiger partial charge < -0.3 is 20.5 Å². The van der Waals surface area contributed by atoms with E-state index < -0.39 is 30.2 Å². The Morgan fingerprint density at radius 3 is 2.61 bits per heavy atom. The monoisotopic (exact) mass is 432 g/mol. The largest absolute Gasteiger partial charge is 0.507 e. The van der Waals surface area contributed by atoms with Gasteiger partial charge in [0.2, 0.25) is 0 Å².